The Morgan fingerprint density at radius 2 is 1.88 bits per heavy atom. The van der Waals surface area contributed by atoms with E-state index in [4.69, 9.17) is 4.74 Å². The minimum atomic E-state index is -0.461. The van der Waals surface area contributed by atoms with Gasteiger partial charge in [-0.3, -0.25) is 9.59 Å². The molecule has 2 amide bonds. The van der Waals surface area contributed by atoms with Gasteiger partial charge in [0.1, 0.15) is 0 Å². The number of methoxy groups -OCH3 is 1. The average molecular weight is 355 g/mol. The molecule has 7 nitrogen and oxygen atoms in total. The minimum Gasteiger partial charge on any atom is -0.504 e. The van der Waals surface area contributed by atoms with Crippen molar-refractivity contribution >= 4 is 18.0 Å². The molecule has 0 saturated heterocycles. The third-order valence-electron chi connectivity index (χ3n) is 3.57. The number of phenols is 1. The number of para-hydroxylation sites is 1. The van der Waals surface area contributed by atoms with Crippen molar-refractivity contribution in [3.05, 3.63) is 59.7 Å². The number of aryl methyl sites for hydroxylation is 1. The van der Waals surface area contributed by atoms with Crippen LogP contribution in [0.1, 0.15) is 17.5 Å². The maximum atomic E-state index is 11.8. The molecule has 0 spiro atoms. The Bertz CT molecular complexity index is 776. The second kappa shape index (κ2) is 9.83. The first-order valence-corrected chi connectivity index (χ1v) is 8.08. The number of aromatic hydroxyl groups is 1. The van der Waals surface area contributed by atoms with E-state index in [2.05, 4.69) is 15.8 Å². The van der Waals surface area contributed by atoms with Crippen LogP contribution in [0.25, 0.3) is 0 Å². The van der Waals surface area contributed by atoms with Gasteiger partial charge in [0.05, 0.1) is 19.9 Å². The summed E-state index contributed by atoms with van der Waals surface area (Å²) in [5.74, 6) is -0.428. The molecule has 0 heterocycles. The summed E-state index contributed by atoms with van der Waals surface area (Å²) in [6.45, 7) is -0.172. The van der Waals surface area contributed by atoms with E-state index < -0.39 is 5.91 Å². The van der Waals surface area contributed by atoms with Crippen molar-refractivity contribution < 1.29 is 19.4 Å². The van der Waals surface area contributed by atoms with Gasteiger partial charge in [0.2, 0.25) is 5.91 Å². The number of carbonyl (C=O) groups excluding carboxylic acids is 2. The molecule has 0 aromatic heterocycles. The fourth-order valence-corrected chi connectivity index (χ4v) is 2.19. The van der Waals surface area contributed by atoms with Crippen LogP contribution in [-0.4, -0.2) is 36.8 Å². The standard InChI is InChI=1S/C19H21N3O4/c1-26-16-9-5-8-15(19(16)25)12-21-22-18(24)13-20-17(23)11-10-14-6-3-2-4-7-14/h2-9,12,25H,10-11,13H2,1H3,(H,20,23)(H,22,24)/b21-12-. The Morgan fingerprint density at radius 3 is 2.62 bits per heavy atom. The molecule has 0 atom stereocenters. The van der Waals surface area contributed by atoms with Gasteiger partial charge >= 0.3 is 0 Å². The second-order valence-corrected chi connectivity index (χ2v) is 5.45. The predicted octanol–water partition coefficient (Wildman–Crippen LogP) is 1.60. The third kappa shape index (κ3) is 5.94. The highest BCUT2D eigenvalue weighted by Gasteiger charge is 2.07. The van der Waals surface area contributed by atoms with Crippen LogP contribution in [0.5, 0.6) is 11.5 Å². The van der Waals surface area contributed by atoms with E-state index in [-0.39, 0.29) is 18.2 Å². The van der Waals surface area contributed by atoms with E-state index in [1.165, 1.54) is 13.3 Å². The number of nitrogens with one attached hydrogen (secondary N) is 2. The van der Waals surface area contributed by atoms with Gasteiger partial charge in [-0.25, -0.2) is 5.43 Å². The first-order chi connectivity index (χ1) is 12.6. The van der Waals surface area contributed by atoms with Crippen LogP contribution >= 0.6 is 0 Å². The van der Waals surface area contributed by atoms with Crippen LogP contribution in [-0.2, 0) is 16.0 Å². The zero-order valence-corrected chi connectivity index (χ0v) is 14.4. The molecule has 0 unspecified atom stereocenters. The molecule has 0 aliphatic heterocycles. The van der Waals surface area contributed by atoms with Gasteiger partial charge in [0, 0.05) is 12.0 Å². The molecule has 2 aromatic rings. The topological polar surface area (TPSA) is 100 Å². The number of hydrogen-bond donors (Lipinski definition) is 3. The molecule has 0 aliphatic rings. The quantitative estimate of drug-likeness (QED) is 0.495. The molecule has 0 aliphatic carbocycles. The fraction of sp³-hybridized carbons (Fsp3) is 0.211. The number of phenolic OH excluding ortho intramolecular Hbond substituents is 1. The third-order valence-corrected chi connectivity index (χ3v) is 3.57. The van der Waals surface area contributed by atoms with Crippen LogP contribution in [0, 0.1) is 0 Å². The molecule has 2 rings (SSSR count). The molecular formula is C19H21N3O4. The largest absolute Gasteiger partial charge is 0.504 e. The zero-order chi connectivity index (χ0) is 18.8. The molecule has 0 fully saturated rings. The summed E-state index contributed by atoms with van der Waals surface area (Å²) in [7, 11) is 1.44. The van der Waals surface area contributed by atoms with E-state index in [9.17, 15) is 14.7 Å². The van der Waals surface area contributed by atoms with Gasteiger partial charge in [-0.15, -0.1) is 0 Å². The first-order valence-electron chi connectivity index (χ1n) is 8.08. The van der Waals surface area contributed by atoms with E-state index in [1.54, 1.807) is 18.2 Å². The first kappa shape index (κ1) is 19.0. The molecule has 0 saturated carbocycles. The van der Waals surface area contributed by atoms with Gasteiger partial charge < -0.3 is 15.2 Å². The highest BCUT2D eigenvalue weighted by atomic mass is 16.5. The Kier molecular flexibility index (Phi) is 7.17. The summed E-state index contributed by atoms with van der Waals surface area (Å²) < 4.78 is 4.99. The van der Waals surface area contributed by atoms with Crippen molar-refractivity contribution in [3.8, 4) is 11.5 Å². The van der Waals surface area contributed by atoms with Crippen LogP contribution in [0.2, 0.25) is 0 Å². The van der Waals surface area contributed by atoms with Crippen LogP contribution in [0.15, 0.2) is 53.6 Å². The summed E-state index contributed by atoms with van der Waals surface area (Å²) >= 11 is 0. The summed E-state index contributed by atoms with van der Waals surface area (Å²) in [6, 6.07) is 14.6. The van der Waals surface area contributed by atoms with E-state index in [0.717, 1.165) is 5.56 Å². The van der Waals surface area contributed by atoms with Gasteiger partial charge in [0.15, 0.2) is 11.5 Å². The zero-order valence-electron chi connectivity index (χ0n) is 14.4. The molecule has 7 heteroatoms. The lowest BCUT2D eigenvalue weighted by molar-refractivity contribution is -0.126. The van der Waals surface area contributed by atoms with Crippen LogP contribution in [0.4, 0.5) is 0 Å². The number of nitrogens with zero attached hydrogens (tertiary/aromatic N) is 1. The van der Waals surface area contributed by atoms with Crippen molar-refractivity contribution in [1.82, 2.24) is 10.7 Å². The Balaban J connectivity index is 1.72. The average Bonchev–Trinajstić information content (AvgIpc) is 2.67. The predicted molar refractivity (Wildman–Crippen MR) is 98.2 cm³/mol. The molecule has 26 heavy (non-hydrogen) atoms. The number of ether oxygens (including phenoxy) is 1. The Labute approximate surface area is 151 Å². The van der Waals surface area contributed by atoms with Crippen molar-refractivity contribution in [2.75, 3.05) is 13.7 Å². The normalized spacial score (nSPS) is 10.5. The molecule has 0 radical (unpaired) electrons. The highest BCUT2D eigenvalue weighted by molar-refractivity contribution is 5.88. The molecule has 0 bridgehead atoms. The van der Waals surface area contributed by atoms with Gasteiger partial charge in [-0.1, -0.05) is 36.4 Å². The van der Waals surface area contributed by atoms with Crippen LogP contribution in [0.3, 0.4) is 0 Å². The Hall–Kier alpha value is -3.35. The summed E-state index contributed by atoms with van der Waals surface area (Å²) in [5.41, 5.74) is 3.75. The molecule has 2 aromatic carbocycles. The van der Waals surface area contributed by atoms with Crippen molar-refractivity contribution in [1.29, 1.82) is 0 Å². The fourth-order valence-electron chi connectivity index (χ4n) is 2.19. The van der Waals surface area contributed by atoms with Gasteiger partial charge in [-0.2, -0.15) is 5.10 Å². The van der Waals surface area contributed by atoms with Gasteiger partial charge in [-0.05, 0) is 24.1 Å². The number of rotatable bonds is 8. The van der Waals surface area contributed by atoms with Crippen molar-refractivity contribution in [3.63, 3.8) is 0 Å². The van der Waals surface area contributed by atoms with Gasteiger partial charge in [0.25, 0.3) is 5.91 Å². The number of amides is 2. The number of carbonyl (C=O) groups is 2. The Morgan fingerprint density at radius 1 is 1.12 bits per heavy atom. The van der Waals surface area contributed by atoms with E-state index >= 15 is 0 Å². The highest BCUT2D eigenvalue weighted by Crippen LogP contribution is 2.27. The number of hydrogen-bond acceptors (Lipinski definition) is 5. The molecule has 136 valence electrons. The van der Waals surface area contributed by atoms with E-state index in [1.807, 2.05) is 30.3 Å². The van der Waals surface area contributed by atoms with E-state index in [0.29, 0.717) is 24.2 Å². The lowest BCUT2D eigenvalue weighted by Gasteiger charge is -2.06. The maximum Gasteiger partial charge on any atom is 0.259 e. The number of benzene rings is 2. The lowest BCUT2D eigenvalue weighted by atomic mass is 10.1. The van der Waals surface area contributed by atoms with Crippen molar-refractivity contribution in [2.45, 2.75) is 12.8 Å². The maximum absolute atomic E-state index is 11.8. The number of hydrazone groups is 1. The summed E-state index contributed by atoms with van der Waals surface area (Å²) in [5, 5.41) is 16.2. The summed E-state index contributed by atoms with van der Waals surface area (Å²) in [4.78, 5) is 23.4. The summed E-state index contributed by atoms with van der Waals surface area (Å²) in [6.07, 6.45) is 2.22. The monoisotopic (exact) mass is 355 g/mol. The molecular weight excluding hydrogens is 334 g/mol. The lowest BCUT2D eigenvalue weighted by Crippen LogP contribution is -2.35. The SMILES string of the molecule is COc1cccc(/C=N\NC(=O)CNC(=O)CCc2ccccc2)c1O. The minimum absolute atomic E-state index is 0.0674. The van der Waals surface area contributed by atoms with Crippen LogP contribution < -0.4 is 15.5 Å². The smallest absolute Gasteiger partial charge is 0.259 e. The second-order valence-electron chi connectivity index (χ2n) is 5.45. The molecule has 3 N–H and O–H groups in total. The van der Waals surface area contributed by atoms with Crippen molar-refractivity contribution in [2.24, 2.45) is 5.10 Å².